The zero-order valence-electron chi connectivity index (χ0n) is 8.19. The van der Waals surface area contributed by atoms with Gasteiger partial charge in [0, 0.05) is 6.54 Å². The molecule has 0 amide bonds. The lowest BCUT2D eigenvalue weighted by molar-refractivity contribution is 0.00376. The Morgan fingerprint density at radius 3 is 2.69 bits per heavy atom. The molecule has 1 aromatic heterocycles. The van der Waals surface area contributed by atoms with Crippen molar-refractivity contribution >= 4 is 17.5 Å². The smallest absolute Gasteiger partial charge is 0.322 e. The fraction of sp³-hybridized carbons (Fsp3) is 0.571. The Bertz CT molecular complexity index is 355. The van der Waals surface area contributed by atoms with Gasteiger partial charge in [-0.25, -0.2) is 8.78 Å². The molecule has 0 saturated heterocycles. The van der Waals surface area contributed by atoms with Crippen molar-refractivity contribution in [2.75, 3.05) is 19.0 Å². The molecule has 90 valence electrons. The van der Waals surface area contributed by atoms with E-state index >= 15 is 0 Å². The fourth-order valence-corrected chi connectivity index (χ4v) is 0.940. The number of rotatable bonds is 5. The molecule has 0 spiro atoms. The number of anilines is 1. The minimum Gasteiger partial charge on any atom is -0.467 e. The minimum absolute atomic E-state index is 0.0449. The average molecular weight is 255 g/mol. The van der Waals surface area contributed by atoms with Crippen molar-refractivity contribution in [3.63, 3.8) is 0 Å². The quantitative estimate of drug-likeness (QED) is 0.800. The normalized spacial score (nSPS) is 12.6. The first-order valence-electron chi connectivity index (χ1n) is 4.18. The van der Waals surface area contributed by atoms with Crippen LogP contribution >= 0.6 is 11.6 Å². The average Bonchev–Trinajstić information content (AvgIpc) is 2.24. The number of ether oxygens (including phenoxy) is 1. The Labute approximate surface area is 94.6 Å². The van der Waals surface area contributed by atoms with Crippen LogP contribution in [0.5, 0.6) is 6.01 Å². The zero-order chi connectivity index (χ0) is 12.1. The lowest BCUT2D eigenvalue weighted by Crippen LogP contribution is -2.27. The second-order valence-electron chi connectivity index (χ2n) is 2.70. The number of methoxy groups -OCH3 is 1. The zero-order valence-corrected chi connectivity index (χ0v) is 8.95. The summed E-state index contributed by atoms with van der Waals surface area (Å²) in [6.45, 7) is -0.402. The number of aliphatic hydroxyl groups is 1. The molecule has 0 aliphatic heterocycles. The summed E-state index contributed by atoms with van der Waals surface area (Å²) in [5, 5.41) is 11.1. The summed E-state index contributed by atoms with van der Waals surface area (Å²) in [5.41, 5.74) is 0. The molecule has 0 saturated carbocycles. The minimum atomic E-state index is -2.84. The molecule has 0 radical (unpaired) electrons. The third-order valence-electron chi connectivity index (χ3n) is 1.53. The molecule has 0 fully saturated rings. The highest BCUT2D eigenvalue weighted by atomic mass is 35.5. The number of aromatic nitrogens is 3. The van der Waals surface area contributed by atoms with Gasteiger partial charge < -0.3 is 15.2 Å². The maximum atomic E-state index is 12.0. The number of nitrogens with zero attached hydrogens (tertiary/aromatic N) is 3. The first-order valence-corrected chi connectivity index (χ1v) is 4.56. The molecule has 0 aliphatic carbocycles. The van der Waals surface area contributed by atoms with Crippen molar-refractivity contribution < 1.29 is 18.6 Å². The van der Waals surface area contributed by atoms with Gasteiger partial charge in [0.25, 0.3) is 6.43 Å². The van der Waals surface area contributed by atoms with Gasteiger partial charge >= 0.3 is 6.01 Å². The van der Waals surface area contributed by atoms with Gasteiger partial charge in [0.1, 0.15) is 6.10 Å². The highest BCUT2D eigenvalue weighted by molar-refractivity contribution is 6.28. The summed E-state index contributed by atoms with van der Waals surface area (Å²) in [4.78, 5) is 10.9. The van der Waals surface area contributed by atoms with E-state index in [0.29, 0.717) is 0 Å². The summed E-state index contributed by atoms with van der Waals surface area (Å²) < 4.78 is 28.6. The monoisotopic (exact) mass is 254 g/mol. The molecule has 9 heteroatoms. The summed E-state index contributed by atoms with van der Waals surface area (Å²) >= 11 is 5.51. The Morgan fingerprint density at radius 2 is 2.12 bits per heavy atom. The lowest BCUT2D eigenvalue weighted by atomic mass is 10.4. The van der Waals surface area contributed by atoms with E-state index in [4.69, 9.17) is 21.4 Å². The third-order valence-corrected chi connectivity index (χ3v) is 1.70. The topological polar surface area (TPSA) is 80.2 Å². The van der Waals surface area contributed by atoms with Crippen LogP contribution in [0.3, 0.4) is 0 Å². The maximum absolute atomic E-state index is 12.0. The second kappa shape index (κ2) is 5.71. The van der Waals surface area contributed by atoms with Crippen molar-refractivity contribution in [2.24, 2.45) is 0 Å². The number of alkyl halides is 2. The molecular formula is C7H9ClF2N4O2. The number of aliphatic hydroxyl groups excluding tert-OH is 1. The van der Waals surface area contributed by atoms with Gasteiger partial charge in [-0.1, -0.05) is 0 Å². The molecule has 1 rings (SSSR count). The Balaban J connectivity index is 2.63. The van der Waals surface area contributed by atoms with E-state index in [1.54, 1.807) is 0 Å². The van der Waals surface area contributed by atoms with E-state index in [-0.39, 0.29) is 17.2 Å². The van der Waals surface area contributed by atoms with Crippen molar-refractivity contribution in [1.29, 1.82) is 0 Å². The Hall–Kier alpha value is -1.28. The first-order chi connectivity index (χ1) is 7.52. The second-order valence-corrected chi connectivity index (χ2v) is 3.04. The van der Waals surface area contributed by atoms with Gasteiger partial charge in [0.05, 0.1) is 7.11 Å². The van der Waals surface area contributed by atoms with E-state index in [1.807, 2.05) is 0 Å². The highest BCUT2D eigenvalue weighted by Crippen LogP contribution is 2.11. The maximum Gasteiger partial charge on any atom is 0.322 e. The largest absolute Gasteiger partial charge is 0.467 e. The van der Waals surface area contributed by atoms with Crippen LogP contribution in [-0.4, -0.2) is 46.2 Å². The number of hydrogen-bond acceptors (Lipinski definition) is 6. The summed E-state index contributed by atoms with van der Waals surface area (Å²) in [7, 11) is 1.32. The number of halogens is 3. The lowest BCUT2D eigenvalue weighted by Gasteiger charge is -2.10. The van der Waals surface area contributed by atoms with Crippen LogP contribution in [0.2, 0.25) is 5.28 Å². The van der Waals surface area contributed by atoms with Gasteiger partial charge in [0.15, 0.2) is 0 Å². The molecule has 1 heterocycles. The van der Waals surface area contributed by atoms with Gasteiger partial charge in [-0.15, -0.1) is 0 Å². The molecule has 16 heavy (non-hydrogen) atoms. The van der Waals surface area contributed by atoms with Crippen molar-refractivity contribution in [3.8, 4) is 6.01 Å². The predicted molar refractivity (Wildman–Crippen MR) is 51.9 cm³/mol. The summed E-state index contributed by atoms with van der Waals surface area (Å²) in [6, 6.07) is -0.0472. The van der Waals surface area contributed by atoms with Crippen LogP contribution < -0.4 is 10.1 Å². The molecule has 0 aromatic carbocycles. The number of nitrogens with one attached hydrogen (secondary N) is 1. The van der Waals surface area contributed by atoms with Crippen molar-refractivity contribution in [1.82, 2.24) is 15.0 Å². The molecule has 6 nitrogen and oxygen atoms in total. The van der Waals surface area contributed by atoms with E-state index in [9.17, 15) is 8.78 Å². The molecule has 0 bridgehead atoms. The molecule has 0 aliphatic rings. The third kappa shape index (κ3) is 3.70. The molecule has 1 unspecified atom stereocenters. The van der Waals surface area contributed by atoms with Crippen molar-refractivity contribution in [2.45, 2.75) is 12.5 Å². The summed E-state index contributed by atoms with van der Waals surface area (Å²) in [5.74, 6) is -0.0449. The van der Waals surface area contributed by atoms with Crippen LogP contribution in [0.4, 0.5) is 14.7 Å². The van der Waals surface area contributed by atoms with E-state index in [1.165, 1.54) is 7.11 Å². The van der Waals surface area contributed by atoms with Crippen LogP contribution in [0.1, 0.15) is 0 Å². The Morgan fingerprint density at radius 1 is 1.44 bits per heavy atom. The molecule has 1 aromatic rings. The van der Waals surface area contributed by atoms with Gasteiger partial charge in [-0.3, -0.25) is 0 Å². The SMILES string of the molecule is COc1nc(Cl)nc(NCC(O)C(F)F)n1. The van der Waals surface area contributed by atoms with E-state index in [0.717, 1.165) is 0 Å². The van der Waals surface area contributed by atoms with Crippen LogP contribution in [0.25, 0.3) is 0 Å². The standard InChI is InChI=1S/C7H9ClF2N4O2/c1-16-7-13-5(8)12-6(14-7)11-2-3(15)4(9)10/h3-4,15H,2H2,1H3,(H,11,12,13,14). The van der Waals surface area contributed by atoms with E-state index < -0.39 is 19.1 Å². The first kappa shape index (κ1) is 12.8. The molecular weight excluding hydrogens is 246 g/mol. The summed E-state index contributed by atoms with van der Waals surface area (Å²) in [6.07, 6.45) is -4.65. The number of hydrogen-bond donors (Lipinski definition) is 2. The van der Waals surface area contributed by atoms with Gasteiger partial charge in [-0.05, 0) is 11.6 Å². The molecule has 1 atom stereocenters. The van der Waals surface area contributed by atoms with Crippen LogP contribution in [0, 0.1) is 0 Å². The Kier molecular flexibility index (Phi) is 4.56. The van der Waals surface area contributed by atoms with Crippen LogP contribution in [-0.2, 0) is 0 Å². The predicted octanol–water partition coefficient (Wildman–Crippen LogP) is 0.571. The fourth-order valence-electron chi connectivity index (χ4n) is 0.787. The van der Waals surface area contributed by atoms with E-state index in [2.05, 4.69) is 20.3 Å². The van der Waals surface area contributed by atoms with Gasteiger partial charge in [-0.2, -0.15) is 15.0 Å². The van der Waals surface area contributed by atoms with Crippen molar-refractivity contribution in [3.05, 3.63) is 5.28 Å². The van der Waals surface area contributed by atoms with Gasteiger partial charge in [0.2, 0.25) is 11.2 Å². The van der Waals surface area contributed by atoms with Crippen LogP contribution in [0.15, 0.2) is 0 Å². The highest BCUT2D eigenvalue weighted by Gasteiger charge is 2.17. The molecule has 2 N–H and O–H groups in total.